The number of hydrogen-bond donors (Lipinski definition) is 2. The average Bonchev–Trinajstić information content (AvgIpc) is 2.78. The molecule has 30 heavy (non-hydrogen) atoms. The molecular formula is C27H50NO2+. The maximum absolute atomic E-state index is 9.88. The fourth-order valence-corrected chi connectivity index (χ4v) is 4.33. The Bertz CT molecular complexity index is 473. The molecule has 0 aliphatic heterocycles. The number of aliphatic hydroxyl groups excluding tert-OH is 2. The Morgan fingerprint density at radius 3 is 1.37 bits per heavy atom. The van der Waals surface area contributed by atoms with E-state index in [1.165, 1.54) is 102 Å². The highest BCUT2D eigenvalue weighted by Gasteiger charge is 2.25. The van der Waals surface area contributed by atoms with Gasteiger partial charge in [-0.1, -0.05) is 127 Å². The standard InChI is InChI=1S/C27H50NO2/c1-2-3-4-5-6-7-8-9-10-11-12-13-14-15-16-20-23-28(25-29,26-30)24-27-21-18-17-19-22-27/h17-19,21-22,29-30H,2-16,20,23-26H2,1H3/q+1. The third-order valence-electron chi connectivity index (χ3n) is 6.45. The van der Waals surface area contributed by atoms with Crippen LogP contribution in [-0.4, -0.2) is 34.7 Å². The topological polar surface area (TPSA) is 40.5 Å². The molecule has 1 aromatic carbocycles. The van der Waals surface area contributed by atoms with Gasteiger partial charge in [-0.05, 0) is 12.8 Å². The number of aliphatic hydroxyl groups is 2. The molecule has 3 nitrogen and oxygen atoms in total. The second-order valence-electron chi connectivity index (χ2n) is 9.30. The molecule has 0 radical (unpaired) electrons. The van der Waals surface area contributed by atoms with Gasteiger partial charge >= 0.3 is 0 Å². The molecule has 174 valence electrons. The highest BCUT2D eigenvalue weighted by molar-refractivity contribution is 5.13. The molecule has 1 rings (SSSR count). The van der Waals surface area contributed by atoms with Crippen LogP contribution in [0.2, 0.25) is 0 Å². The minimum atomic E-state index is 0.00410. The van der Waals surface area contributed by atoms with E-state index in [1.54, 1.807) is 0 Å². The first-order chi connectivity index (χ1) is 14.8. The Balaban J connectivity index is 1.95. The van der Waals surface area contributed by atoms with Crippen molar-refractivity contribution >= 4 is 0 Å². The SMILES string of the molecule is CCCCCCCCCCCCCCCCCC[N+](CO)(CO)Cc1ccccc1. The van der Waals surface area contributed by atoms with E-state index in [0.29, 0.717) is 11.0 Å². The fraction of sp³-hybridized carbons (Fsp3) is 0.778. The van der Waals surface area contributed by atoms with Gasteiger partial charge in [-0.3, -0.25) is 4.48 Å². The lowest BCUT2D eigenvalue weighted by Gasteiger charge is -2.34. The third kappa shape index (κ3) is 13.4. The van der Waals surface area contributed by atoms with Crippen molar-refractivity contribution in [2.45, 2.75) is 116 Å². The summed E-state index contributed by atoms with van der Waals surface area (Å²) in [6.45, 7) is 3.84. The molecule has 0 unspecified atom stereocenters. The van der Waals surface area contributed by atoms with Gasteiger partial charge in [-0.25, -0.2) is 0 Å². The summed E-state index contributed by atoms with van der Waals surface area (Å²) in [7, 11) is 0. The maximum Gasteiger partial charge on any atom is 0.182 e. The smallest absolute Gasteiger partial charge is 0.182 e. The minimum Gasteiger partial charge on any atom is -0.347 e. The zero-order chi connectivity index (χ0) is 21.8. The van der Waals surface area contributed by atoms with Gasteiger partial charge in [0.2, 0.25) is 0 Å². The number of unbranched alkanes of at least 4 members (excludes halogenated alkanes) is 15. The summed E-state index contributed by atoms with van der Waals surface area (Å²) >= 11 is 0. The normalized spacial score (nSPS) is 11.8. The van der Waals surface area contributed by atoms with E-state index in [4.69, 9.17) is 0 Å². The monoisotopic (exact) mass is 420 g/mol. The Morgan fingerprint density at radius 1 is 0.567 bits per heavy atom. The number of rotatable bonds is 21. The number of hydrogen-bond acceptors (Lipinski definition) is 2. The van der Waals surface area contributed by atoms with E-state index in [2.05, 4.69) is 19.1 Å². The summed E-state index contributed by atoms with van der Waals surface area (Å²) < 4.78 is 0.364. The average molecular weight is 421 g/mol. The van der Waals surface area contributed by atoms with Crippen LogP contribution in [0.25, 0.3) is 0 Å². The number of benzene rings is 1. The van der Waals surface area contributed by atoms with Gasteiger partial charge in [-0.2, -0.15) is 0 Å². The summed E-state index contributed by atoms with van der Waals surface area (Å²) in [5.74, 6) is 0. The Kier molecular flexibility index (Phi) is 17.0. The van der Waals surface area contributed by atoms with Crippen LogP contribution in [0.5, 0.6) is 0 Å². The molecular weight excluding hydrogens is 370 g/mol. The molecule has 0 saturated carbocycles. The number of quaternary nitrogens is 1. The Morgan fingerprint density at radius 2 is 0.967 bits per heavy atom. The molecule has 0 saturated heterocycles. The van der Waals surface area contributed by atoms with Crippen molar-refractivity contribution < 1.29 is 14.7 Å². The molecule has 1 aromatic rings. The largest absolute Gasteiger partial charge is 0.347 e. The maximum atomic E-state index is 9.88. The van der Waals surface area contributed by atoms with Crippen LogP contribution >= 0.6 is 0 Å². The molecule has 2 N–H and O–H groups in total. The van der Waals surface area contributed by atoms with Crippen molar-refractivity contribution in [1.29, 1.82) is 0 Å². The molecule has 0 heterocycles. The summed E-state index contributed by atoms with van der Waals surface area (Å²) in [6.07, 6.45) is 21.8. The van der Waals surface area contributed by atoms with Crippen molar-refractivity contribution in [3.05, 3.63) is 35.9 Å². The molecule has 0 fully saturated rings. The molecule has 3 heteroatoms. The van der Waals surface area contributed by atoms with Crippen LogP contribution < -0.4 is 0 Å². The highest BCUT2D eigenvalue weighted by Crippen LogP contribution is 2.17. The summed E-state index contributed by atoms with van der Waals surface area (Å²) in [4.78, 5) is 0. The van der Waals surface area contributed by atoms with Gasteiger partial charge in [-0.15, -0.1) is 0 Å². The second kappa shape index (κ2) is 18.8. The molecule has 0 amide bonds. The first-order valence-corrected chi connectivity index (χ1v) is 12.9. The number of nitrogens with zero attached hydrogens (tertiary/aromatic N) is 1. The van der Waals surface area contributed by atoms with Crippen molar-refractivity contribution in [2.75, 3.05) is 20.0 Å². The van der Waals surface area contributed by atoms with Gasteiger partial charge in [0.05, 0.1) is 6.54 Å². The van der Waals surface area contributed by atoms with E-state index in [9.17, 15) is 10.2 Å². The zero-order valence-electron chi connectivity index (χ0n) is 19.9. The highest BCUT2D eigenvalue weighted by atomic mass is 16.3. The van der Waals surface area contributed by atoms with Crippen LogP contribution in [0.3, 0.4) is 0 Å². The van der Waals surface area contributed by atoms with Crippen LogP contribution in [0.4, 0.5) is 0 Å². The van der Waals surface area contributed by atoms with E-state index in [-0.39, 0.29) is 13.5 Å². The van der Waals surface area contributed by atoms with Crippen LogP contribution in [0, 0.1) is 0 Å². The molecule has 0 bridgehead atoms. The van der Waals surface area contributed by atoms with Crippen molar-refractivity contribution in [2.24, 2.45) is 0 Å². The van der Waals surface area contributed by atoms with Crippen molar-refractivity contribution in [3.63, 3.8) is 0 Å². The first-order valence-electron chi connectivity index (χ1n) is 12.9. The van der Waals surface area contributed by atoms with Gasteiger partial charge in [0.15, 0.2) is 13.5 Å². The van der Waals surface area contributed by atoms with E-state index >= 15 is 0 Å². The summed E-state index contributed by atoms with van der Waals surface area (Å²) in [5.41, 5.74) is 1.18. The molecule has 0 aliphatic rings. The van der Waals surface area contributed by atoms with Crippen molar-refractivity contribution in [1.82, 2.24) is 0 Å². The minimum absolute atomic E-state index is 0.00410. The van der Waals surface area contributed by atoms with E-state index in [1.807, 2.05) is 18.2 Å². The van der Waals surface area contributed by atoms with Gasteiger partial charge in [0.1, 0.15) is 6.54 Å². The third-order valence-corrected chi connectivity index (χ3v) is 6.45. The lowest BCUT2D eigenvalue weighted by Crippen LogP contribution is -2.49. The Hall–Kier alpha value is -0.900. The quantitative estimate of drug-likeness (QED) is 0.126. The fourth-order valence-electron chi connectivity index (χ4n) is 4.33. The lowest BCUT2D eigenvalue weighted by atomic mass is 10.0. The zero-order valence-corrected chi connectivity index (χ0v) is 19.9. The van der Waals surface area contributed by atoms with E-state index in [0.717, 1.165) is 13.0 Å². The second-order valence-corrected chi connectivity index (χ2v) is 9.30. The van der Waals surface area contributed by atoms with Crippen molar-refractivity contribution in [3.8, 4) is 0 Å². The predicted molar refractivity (Wildman–Crippen MR) is 129 cm³/mol. The molecule has 0 atom stereocenters. The van der Waals surface area contributed by atoms with Crippen LogP contribution in [-0.2, 0) is 6.54 Å². The molecule has 0 aromatic heterocycles. The van der Waals surface area contributed by atoms with Crippen LogP contribution in [0.15, 0.2) is 30.3 Å². The molecule has 0 aliphatic carbocycles. The summed E-state index contributed by atoms with van der Waals surface area (Å²) in [6, 6.07) is 10.2. The van der Waals surface area contributed by atoms with Gasteiger partial charge in [0.25, 0.3) is 0 Å². The molecule has 0 spiro atoms. The first kappa shape index (κ1) is 27.1. The lowest BCUT2D eigenvalue weighted by molar-refractivity contribution is -0.973. The van der Waals surface area contributed by atoms with Gasteiger partial charge < -0.3 is 10.2 Å². The van der Waals surface area contributed by atoms with E-state index < -0.39 is 0 Å². The Labute approximate surface area is 187 Å². The predicted octanol–water partition coefficient (Wildman–Crippen LogP) is 7.16. The van der Waals surface area contributed by atoms with Crippen LogP contribution in [0.1, 0.15) is 115 Å². The summed E-state index contributed by atoms with van der Waals surface area (Å²) in [5, 5.41) is 19.8. The van der Waals surface area contributed by atoms with Gasteiger partial charge in [0, 0.05) is 5.56 Å².